The molecule has 0 aliphatic carbocycles. The third-order valence-electron chi connectivity index (χ3n) is 6.59. The fourth-order valence-electron chi connectivity index (χ4n) is 4.69. The molecule has 3 aromatic rings. The molecule has 0 radical (unpaired) electrons. The summed E-state index contributed by atoms with van der Waals surface area (Å²) < 4.78 is 38.8. The monoisotopic (exact) mass is 523 g/mol. The van der Waals surface area contributed by atoms with E-state index < -0.39 is 16.1 Å². The van der Waals surface area contributed by atoms with Crippen LogP contribution < -0.4 is 14.2 Å². The second-order valence-electron chi connectivity index (χ2n) is 8.94. The second-order valence-corrected chi connectivity index (χ2v) is 10.7. The number of sulfonamides is 1. The van der Waals surface area contributed by atoms with E-state index in [4.69, 9.17) is 9.47 Å². The molecular formula is C28H33N3O5S. The molecule has 1 amide bonds. The molecule has 1 aliphatic heterocycles. The van der Waals surface area contributed by atoms with Crippen molar-refractivity contribution in [2.24, 2.45) is 0 Å². The molecule has 0 spiro atoms. The molecule has 0 aromatic heterocycles. The normalized spacial score (nSPS) is 15.4. The first-order chi connectivity index (χ1) is 17.8. The maximum absolute atomic E-state index is 13.2. The van der Waals surface area contributed by atoms with Crippen LogP contribution in [0.1, 0.15) is 24.1 Å². The molecule has 0 unspecified atom stereocenters. The number of ether oxygens (including phenoxy) is 2. The summed E-state index contributed by atoms with van der Waals surface area (Å²) in [5.74, 6) is 0.472. The van der Waals surface area contributed by atoms with Crippen LogP contribution in [-0.2, 0) is 14.8 Å². The number of carbonyl (C=O) groups is 1. The standard InChI is InChI=1S/C28H33N3O5S/c1-21(29-37(33,34)24-14-15-25(35-2)26(20-24)36-3)28(32)31-18-16-30(17-19-31)27(22-10-6-4-7-11-22)23-12-8-5-9-13-23/h4-15,20-21,27,29H,16-19H2,1-3H3/t21-/m1/s1. The summed E-state index contributed by atoms with van der Waals surface area (Å²) in [5.41, 5.74) is 2.40. The number of nitrogens with one attached hydrogen (secondary N) is 1. The van der Waals surface area contributed by atoms with Gasteiger partial charge < -0.3 is 14.4 Å². The zero-order valence-corrected chi connectivity index (χ0v) is 22.1. The van der Waals surface area contributed by atoms with Crippen LogP contribution in [-0.4, -0.2) is 70.6 Å². The summed E-state index contributed by atoms with van der Waals surface area (Å²) in [6.07, 6.45) is 0. The molecule has 1 fully saturated rings. The second kappa shape index (κ2) is 11.8. The van der Waals surface area contributed by atoms with Crippen molar-refractivity contribution in [2.75, 3.05) is 40.4 Å². The van der Waals surface area contributed by atoms with E-state index in [0.717, 1.165) is 0 Å². The van der Waals surface area contributed by atoms with Crippen LogP contribution in [0.25, 0.3) is 0 Å². The van der Waals surface area contributed by atoms with Crippen molar-refractivity contribution >= 4 is 15.9 Å². The fraction of sp³-hybridized carbons (Fsp3) is 0.321. The minimum Gasteiger partial charge on any atom is -0.493 e. The Morgan fingerprint density at radius 3 is 1.86 bits per heavy atom. The molecule has 4 rings (SSSR count). The van der Waals surface area contributed by atoms with E-state index >= 15 is 0 Å². The first-order valence-corrected chi connectivity index (χ1v) is 13.7. The Bertz CT molecular complexity index is 1250. The molecule has 1 N–H and O–H groups in total. The number of nitrogens with zero attached hydrogens (tertiary/aromatic N) is 2. The van der Waals surface area contributed by atoms with Crippen LogP contribution in [0.2, 0.25) is 0 Å². The summed E-state index contributed by atoms with van der Waals surface area (Å²) in [7, 11) is -1.02. The molecule has 0 saturated carbocycles. The summed E-state index contributed by atoms with van der Waals surface area (Å²) in [4.78, 5) is 17.3. The van der Waals surface area contributed by atoms with Crippen molar-refractivity contribution < 1.29 is 22.7 Å². The van der Waals surface area contributed by atoms with Gasteiger partial charge in [0.2, 0.25) is 15.9 Å². The van der Waals surface area contributed by atoms with Crippen molar-refractivity contribution in [1.82, 2.24) is 14.5 Å². The minimum absolute atomic E-state index is 0.00295. The van der Waals surface area contributed by atoms with Gasteiger partial charge in [0.05, 0.1) is 31.2 Å². The lowest BCUT2D eigenvalue weighted by atomic mass is 9.96. The van der Waals surface area contributed by atoms with Gasteiger partial charge in [0.1, 0.15) is 0 Å². The van der Waals surface area contributed by atoms with Gasteiger partial charge in [-0.05, 0) is 30.2 Å². The number of hydrogen-bond acceptors (Lipinski definition) is 6. The van der Waals surface area contributed by atoms with Gasteiger partial charge in [0, 0.05) is 32.2 Å². The number of rotatable bonds is 9. The topological polar surface area (TPSA) is 88.2 Å². The number of amides is 1. The molecule has 37 heavy (non-hydrogen) atoms. The van der Waals surface area contributed by atoms with Crippen LogP contribution in [0.5, 0.6) is 11.5 Å². The zero-order chi connectivity index (χ0) is 26.4. The molecule has 196 valence electrons. The average molecular weight is 524 g/mol. The minimum atomic E-state index is -3.94. The van der Waals surface area contributed by atoms with Crippen LogP contribution in [0.15, 0.2) is 83.8 Å². The van der Waals surface area contributed by atoms with E-state index in [1.807, 2.05) is 36.4 Å². The highest BCUT2D eigenvalue weighted by molar-refractivity contribution is 7.89. The van der Waals surface area contributed by atoms with Crippen molar-refractivity contribution in [2.45, 2.75) is 23.9 Å². The number of hydrogen-bond donors (Lipinski definition) is 1. The van der Waals surface area contributed by atoms with Crippen molar-refractivity contribution in [3.05, 3.63) is 90.0 Å². The molecule has 3 aromatic carbocycles. The summed E-state index contributed by atoms with van der Waals surface area (Å²) >= 11 is 0. The lowest BCUT2D eigenvalue weighted by Crippen LogP contribution is -2.54. The fourth-order valence-corrected chi connectivity index (χ4v) is 5.91. The van der Waals surface area contributed by atoms with Crippen molar-refractivity contribution in [1.29, 1.82) is 0 Å². The van der Waals surface area contributed by atoms with Gasteiger partial charge in [-0.3, -0.25) is 9.69 Å². The number of carbonyl (C=O) groups excluding carboxylic acids is 1. The molecule has 0 bridgehead atoms. The van der Waals surface area contributed by atoms with Gasteiger partial charge in [0.25, 0.3) is 0 Å². The predicted octanol–water partition coefficient (Wildman–Crippen LogP) is 3.30. The van der Waals surface area contributed by atoms with Crippen molar-refractivity contribution in [3.8, 4) is 11.5 Å². The molecule has 1 aliphatic rings. The molecule has 8 nitrogen and oxygen atoms in total. The Kier molecular flexibility index (Phi) is 8.48. The van der Waals surface area contributed by atoms with Gasteiger partial charge in [-0.1, -0.05) is 60.7 Å². The highest BCUT2D eigenvalue weighted by Crippen LogP contribution is 2.31. The largest absolute Gasteiger partial charge is 0.493 e. The Hall–Kier alpha value is -3.40. The van der Waals surface area contributed by atoms with Gasteiger partial charge in [0.15, 0.2) is 11.5 Å². The molecule has 1 atom stereocenters. The predicted molar refractivity (Wildman–Crippen MR) is 142 cm³/mol. The van der Waals surface area contributed by atoms with Gasteiger partial charge in [-0.15, -0.1) is 0 Å². The summed E-state index contributed by atoms with van der Waals surface area (Å²) in [6, 6.07) is 24.2. The highest BCUT2D eigenvalue weighted by atomic mass is 32.2. The molecule has 1 saturated heterocycles. The van der Waals surface area contributed by atoms with Crippen LogP contribution in [0.4, 0.5) is 0 Å². The summed E-state index contributed by atoms with van der Waals surface area (Å²) in [5, 5.41) is 0. The Balaban J connectivity index is 1.42. The molecule has 1 heterocycles. The van der Waals surface area contributed by atoms with E-state index in [1.54, 1.807) is 11.8 Å². The van der Waals surface area contributed by atoms with Crippen molar-refractivity contribution in [3.63, 3.8) is 0 Å². The first-order valence-electron chi connectivity index (χ1n) is 12.2. The average Bonchev–Trinajstić information content (AvgIpc) is 2.93. The lowest BCUT2D eigenvalue weighted by Gasteiger charge is -2.40. The van der Waals surface area contributed by atoms with E-state index in [2.05, 4.69) is 33.9 Å². The SMILES string of the molecule is COc1ccc(S(=O)(=O)N[C@H](C)C(=O)N2CCN(C(c3ccccc3)c3ccccc3)CC2)cc1OC. The van der Waals surface area contributed by atoms with E-state index in [9.17, 15) is 13.2 Å². The smallest absolute Gasteiger partial charge is 0.241 e. The third-order valence-corrected chi connectivity index (χ3v) is 8.13. The Morgan fingerprint density at radius 1 is 0.811 bits per heavy atom. The van der Waals surface area contributed by atoms with Gasteiger partial charge >= 0.3 is 0 Å². The lowest BCUT2D eigenvalue weighted by molar-refractivity contribution is -0.134. The number of methoxy groups -OCH3 is 2. The third kappa shape index (κ3) is 6.12. The van der Waals surface area contributed by atoms with Crippen LogP contribution >= 0.6 is 0 Å². The first kappa shape index (κ1) is 26.7. The zero-order valence-electron chi connectivity index (χ0n) is 21.3. The van der Waals surface area contributed by atoms with Gasteiger partial charge in [-0.2, -0.15) is 4.72 Å². The quantitative estimate of drug-likeness (QED) is 0.463. The maximum Gasteiger partial charge on any atom is 0.241 e. The van der Waals surface area contributed by atoms with E-state index in [0.29, 0.717) is 37.7 Å². The number of piperazine rings is 1. The van der Waals surface area contributed by atoms with E-state index in [1.165, 1.54) is 43.5 Å². The summed E-state index contributed by atoms with van der Waals surface area (Å²) in [6.45, 7) is 3.95. The Morgan fingerprint density at radius 2 is 1.35 bits per heavy atom. The molecular weight excluding hydrogens is 490 g/mol. The van der Waals surface area contributed by atoms with Crippen LogP contribution in [0.3, 0.4) is 0 Å². The Labute approximate surface area is 218 Å². The van der Waals surface area contributed by atoms with E-state index in [-0.39, 0.29) is 16.8 Å². The highest BCUT2D eigenvalue weighted by Gasteiger charge is 2.31. The van der Waals surface area contributed by atoms with Gasteiger partial charge in [-0.25, -0.2) is 8.42 Å². The number of benzene rings is 3. The molecule has 9 heteroatoms. The van der Waals surface area contributed by atoms with Crippen LogP contribution in [0, 0.1) is 0 Å². The maximum atomic E-state index is 13.2.